The molecule has 1 saturated heterocycles. The van der Waals surface area contributed by atoms with Crippen molar-refractivity contribution in [2.45, 2.75) is 24.8 Å². The Labute approximate surface area is 153 Å². The third kappa shape index (κ3) is 2.19. The fraction of sp³-hybridized carbons (Fsp3) is 0.222. The highest BCUT2D eigenvalue weighted by Crippen LogP contribution is 2.47. The molecule has 0 N–H and O–H groups in total. The van der Waals surface area contributed by atoms with Gasteiger partial charge in [0.2, 0.25) is 0 Å². The van der Waals surface area contributed by atoms with E-state index in [4.69, 9.17) is 11.6 Å². The molecule has 24 heavy (non-hydrogen) atoms. The van der Waals surface area contributed by atoms with E-state index >= 15 is 0 Å². The number of urea groups is 1. The largest absolute Gasteiger partial charge is 0.336 e. The number of nitrogens with zero attached hydrogens (tertiary/aromatic N) is 2. The molecule has 4 rings (SSSR count). The summed E-state index contributed by atoms with van der Waals surface area (Å²) in [5, 5.41) is 0.601. The lowest BCUT2D eigenvalue weighted by molar-refractivity contribution is -0.123. The fourth-order valence-electron chi connectivity index (χ4n) is 3.39. The van der Waals surface area contributed by atoms with Gasteiger partial charge in [0.05, 0.1) is 5.69 Å². The van der Waals surface area contributed by atoms with Crippen molar-refractivity contribution >= 4 is 50.8 Å². The van der Waals surface area contributed by atoms with Gasteiger partial charge in [-0.3, -0.25) is 9.69 Å². The Balaban J connectivity index is 1.79. The van der Waals surface area contributed by atoms with Gasteiger partial charge in [-0.25, -0.2) is 9.69 Å². The van der Waals surface area contributed by atoms with Crippen LogP contribution in [-0.4, -0.2) is 17.5 Å². The summed E-state index contributed by atoms with van der Waals surface area (Å²) in [6, 6.07) is 14.0. The maximum Gasteiger partial charge on any atom is 0.336 e. The van der Waals surface area contributed by atoms with Crippen molar-refractivity contribution in [2.24, 2.45) is 0 Å². The summed E-state index contributed by atoms with van der Waals surface area (Å²) >= 11 is 9.33. The third-order valence-corrected chi connectivity index (χ3v) is 5.54. The van der Waals surface area contributed by atoms with Crippen molar-refractivity contribution in [3.8, 4) is 0 Å². The summed E-state index contributed by atoms with van der Waals surface area (Å²) < 4.78 is 0.901. The summed E-state index contributed by atoms with van der Waals surface area (Å²) in [4.78, 5) is 29.1. The molecule has 3 amide bonds. The minimum atomic E-state index is -0.752. The second-order valence-corrected chi connectivity index (χ2v) is 7.45. The summed E-state index contributed by atoms with van der Waals surface area (Å²) in [6.07, 6.45) is 2.32. The molecule has 1 aliphatic carbocycles. The predicted octanol–water partition coefficient (Wildman–Crippen LogP) is 5.00. The van der Waals surface area contributed by atoms with Gasteiger partial charge in [-0.15, -0.1) is 0 Å². The molecule has 0 radical (unpaired) electrons. The molecule has 4 nitrogen and oxygen atoms in total. The number of benzene rings is 2. The van der Waals surface area contributed by atoms with Gasteiger partial charge >= 0.3 is 6.03 Å². The molecule has 2 aromatic carbocycles. The lowest BCUT2D eigenvalue weighted by atomic mass is 9.75. The van der Waals surface area contributed by atoms with Crippen molar-refractivity contribution < 1.29 is 9.59 Å². The van der Waals surface area contributed by atoms with Crippen LogP contribution in [0.15, 0.2) is 53.0 Å². The molecule has 1 spiro atoms. The van der Waals surface area contributed by atoms with E-state index in [1.807, 2.05) is 12.1 Å². The Bertz CT molecular complexity index is 816. The summed E-state index contributed by atoms with van der Waals surface area (Å²) in [5.74, 6) is -0.143. The summed E-state index contributed by atoms with van der Waals surface area (Å²) in [6.45, 7) is 0. The minimum absolute atomic E-state index is 0.143. The smallest absolute Gasteiger partial charge is 0.278 e. The zero-order chi connectivity index (χ0) is 16.9. The molecule has 6 heteroatoms. The Morgan fingerprint density at radius 1 is 0.917 bits per heavy atom. The van der Waals surface area contributed by atoms with Gasteiger partial charge < -0.3 is 0 Å². The van der Waals surface area contributed by atoms with Crippen molar-refractivity contribution in [1.29, 1.82) is 0 Å². The first kappa shape index (κ1) is 15.7. The molecule has 0 aromatic heterocycles. The Morgan fingerprint density at radius 2 is 1.50 bits per heavy atom. The van der Waals surface area contributed by atoms with Gasteiger partial charge in [-0.05, 0) is 67.8 Å². The molecule has 2 aromatic rings. The number of amides is 3. The number of halogens is 2. The first-order chi connectivity index (χ1) is 11.5. The van der Waals surface area contributed by atoms with Crippen LogP contribution in [0, 0.1) is 0 Å². The number of anilines is 2. The molecule has 1 aliphatic heterocycles. The lowest BCUT2D eigenvalue weighted by Gasteiger charge is -2.42. The molecule has 122 valence electrons. The van der Waals surface area contributed by atoms with Crippen LogP contribution in [0.1, 0.15) is 19.3 Å². The lowest BCUT2D eigenvalue weighted by Crippen LogP contribution is -2.55. The van der Waals surface area contributed by atoms with Crippen LogP contribution in [-0.2, 0) is 4.79 Å². The van der Waals surface area contributed by atoms with Gasteiger partial charge in [0.25, 0.3) is 5.91 Å². The van der Waals surface area contributed by atoms with E-state index in [9.17, 15) is 9.59 Å². The van der Waals surface area contributed by atoms with E-state index in [1.165, 1.54) is 4.90 Å². The van der Waals surface area contributed by atoms with Crippen molar-refractivity contribution in [1.82, 2.24) is 0 Å². The Hall–Kier alpha value is -1.85. The fourth-order valence-corrected chi connectivity index (χ4v) is 3.78. The number of carbonyl (C=O) groups is 2. The van der Waals surface area contributed by atoms with Crippen LogP contribution >= 0.6 is 27.5 Å². The van der Waals surface area contributed by atoms with Crippen LogP contribution < -0.4 is 9.80 Å². The highest BCUT2D eigenvalue weighted by Gasteiger charge is 2.61. The second kappa shape index (κ2) is 5.60. The molecule has 1 saturated carbocycles. The van der Waals surface area contributed by atoms with Crippen LogP contribution in [0.4, 0.5) is 16.2 Å². The summed E-state index contributed by atoms with van der Waals surface area (Å²) in [5.41, 5.74) is 0.547. The first-order valence-corrected chi connectivity index (χ1v) is 8.90. The van der Waals surface area contributed by atoms with Crippen LogP contribution in [0.5, 0.6) is 0 Å². The molecule has 0 unspecified atom stereocenters. The molecule has 1 heterocycles. The van der Waals surface area contributed by atoms with E-state index in [0.29, 0.717) is 29.2 Å². The number of hydrogen-bond acceptors (Lipinski definition) is 2. The zero-order valence-corrected chi connectivity index (χ0v) is 15.0. The molecular weight excluding hydrogens is 392 g/mol. The number of carbonyl (C=O) groups excluding carboxylic acids is 2. The molecule has 0 bridgehead atoms. The highest BCUT2D eigenvalue weighted by molar-refractivity contribution is 9.10. The van der Waals surface area contributed by atoms with E-state index in [2.05, 4.69) is 15.9 Å². The monoisotopic (exact) mass is 404 g/mol. The third-order valence-electron chi connectivity index (χ3n) is 4.76. The van der Waals surface area contributed by atoms with Gasteiger partial charge in [-0.2, -0.15) is 0 Å². The van der Waals surface area contributed by atoms with E-state index in [-0.39, 0.29) is 11.9 Å². The van der Waals surface area contributed by atoms with Gasteiger partial charge in [0.15, 0.2) is 0 Å². The van der Waals surface area contributed by atoms with Crippen molar-refractivity contribution in [3.05, 3.63) is 58.0 Å². The van der Waals surface area contributed by atoms with E-state index in [0.717, 1.165) is 10.9 Å². The maximum atomic E-state index is 13.1. The second-order valence-electron chi connectivity index (χ2n) is 6.10. The van der Waals surface area contributed by atoms with Gasteiger partial charge in [-0.1, -0.05) is 27.5 Å². The van der Waals surface area contributed by atoms with Crippen LogP contribution in [0.3, 0.4) is 0 Å². The number of imide groups is 1. The topological polar surface area (TPSA) is 40.6 Å². The predicted molar refractivity (Wildman–Crippen MR) is 97.5 cm³/mol. The molecule has 0 atom stereocenters. The molecule has 2 fully saturated rings. The normalized spacial score (nSPS) is 19.1. The minimum Gasteiger partial charge on any atom is -0.278 e. The van der Waals surface area contributed by atoms with Gasteiger partial charge in [0.1, 0.15) is 5.54 Å². The summed E-state index contributed by atoms with van der Waals surface area (Å²) in [7, 11) is 0. The molecular formula is C18H14BrClN2O2. The standard InChI is InChI=1S/C18H14BrClN2O2/c19-12-2-6-14(7-3-12)21-16(23)18(10-1-11-18)22(17(21)24)15-8-4-13(20)5-9-15/h2-9H,1,10-11H2. The average Bonchev–Trinajstić information content (AvgIpc) is 2.77. The van der Waals surface area contributed by atoms with Crippen LogP contribution in [0.25, 0.3) is 0 Å². The SMILES string of the molecule is O=C1N(c2ccc(Br)cc2)C(=O)C2(CCC2)N1c1ccc(Cl)cc1. The van der Waals surface area contributed by atoms with Crippen molar-refractivity contribution in [2.75, 3.05) is 9.80 Å². The Morgan fingerprint density at radius 3 is 2.04 bits per heavy atom. The average molecular weight is 406 g/mol. The Kier molecular flexibility index (Phi) is 3.66. The number of rotatable bonds is 2. The maximum absolute atomic E-state index is 13.1. The zero-order valence-electron chi connectivity index (χ0n) is 12.7. The van der Waals surface area contributed by atoms with Crippen molar-refractivity contribution in [3.63, 3.8) is 0 Å². The molecule has 2 aliphatic rings. The van der Waals surface area contributed by atoms with E-state index < -0.39 is 5.54 Å². The first-order valence-electron chi connectivity index (χ1n) is 7.73. The van der Waals surface area contributed by atoms with Gasteiger partial charge in [0, 0.05) is 15.2 Å². The number of hydrogen-bond donors (Lipinski definition) is 0. The highest BCUT2D eigenvalue weighted by atomic mass is 79.9. The van der Waals surface area contributed by atoms with Crippen LogP contribution in [0.2, 0.25) is 5.02 Å². The quantitative estimate of drug-likeness (QED) is 0.660. The van der Waals surface area contributed by atoms with E-state index in [1.54, 1.807) is 41.3 Å².